The van der Waals surface area contributed by atoms with E-state index in [4.69, 9.17) is 14.7 Å². The van der Waals surface area contributed by atoms with Gasteiger partial charge in [0.05, 0.1) is 18.8 Å². The number of carbonyl (C=O) groups is 2. The molecule has 1 saturated heterocycles. The van der Waals surface area contributed by atoms with E-state index in [0.29, 0.717) is 30.7 Å². The third-order valence-corrected chi connectivity index (χ3v) is 6.37. The van der Waals surface area contributed by atoms with Crippen LogP contribution in [0.1, 0.15) is 74.0 Å². The Hall–Kier alpha value is -2.43. The number of ether oxygens (including phenoxy) is 2. The van der Waals surface area contributed by atoms with Crippen molar-refractivity contribution in [2.45, 2.75) is 70.1 Å². The first kappa shape index (κ1) is 27.2. The first-order valence-corrected chi connectivity index (χ1v) is 12.6. The second-order valence-corrected chi connectivity index (χ2v) is 9.02. The average Bonchev–Trinajstić information content (AvgIpc) is 2.90. The van der Waals surface area contributed by atoms with Crippen LogP contribution in [-0.4, -0.2) is 34.0 Å². The van der Waals surface area contributed by atoms with Gasteiger partial charge >= 0.3 is 0 Å². The second-order valence-electron chi connectivity index (χ2n) is 8.65. The summed E-state index contributed by atoms with van der Waals surface area (Å²) in [4.78, 5) is 23.2. The lowest BCUT2D eigenvalue weighted by molar-refractivity contribution is -0.245. The fourth-order valence-electron chi connectivity index (χ4n) is 3.96. The molecule has 0 spiro atoms. The van der Waals surface area contributed by atoms with Crippen LogP contribution in [0.15, 0.2) is 48.5 Å². The van der Waals surface area contributed by atoms with Gasteiger partial charge in [0.25, 0.3) is 0 Å². The van der Waals surface area contributed by atoms with Crippen molar-refractivity contribution in [2.24, 2.45) is 0 Å². The van der Waals surface area contributed by atoms with Crippen LogP contribution < -0.4 is 10.8 Å². The molecule has 3 atom stereocenters. The molecular formula is C26H34N2O6S. The number of aliphatic hydroxyl groups is 1. The summed E-state index contributed by atoms with van der Waals surface area (Å²) in [5, 5.41) is 20.6. The summed E-state index contributed by atoms with van der Waals surface area (Å²) in [5.41, 5.74) is 5.06. The minimum atomic E-state index is -0.541. The number of hydrogen-bond acceptors (Lipinski definition) is 7. The molecule has 2 aromatic rings. The van der Waals surface area contributed by atoms with E-state index >= 15 is 0 Å². The Morgan fingerprint density at radius 2 is 1.51 bits per heavy atom. The van der Waals surface area contributed by atoms with Crippen molar-refractivity contribution in [3.05, 3.63) is 65.2 Å². The van der Waals surface area contributed by atoms with Gasteiger partial charge < -0.3 is 19.9 Å². The van der Waals surface area contributed by atoms with E-state index < -0.39 is 6.29 Å². The predicted molar refractivity (Wildman–Crippen MR) is 135 cm³/mol. The van der Waals surface area contributed by atoms with Crippen LogP contribution in [0.4, 0.5) is 5.69 Å². The zero-order chi connectivity index (χ0) is 25.0. The molecule has 0 bridgehead atoms. The first-order chi connectivity index (χ1) is 17.0. The molecule has 1 aliphatic heterocycles. The highest BCUT2D eigenvalue weighted by molar-refractivity contribution is 7.80. The number of amides is 2. The van der Waals surface area contributed by atoms with E-state index in [1.807, 2.05) is 48.5 Å². The van der Waals surface area contributed by atoms with E-state index in [-0.39, 0.29) is 37.0 Å². The highest BCUT2D eigenvalue weighted by atomic mass is 32.1. The Morgan fingerprint density at radius 1 is 0.886 bits per heavy atom. The maximum atomic E-state index is 12.2. The summed E-state index contributed by atoms with van der Waals surface area (Å²) in [7, 11) is 0. The van der Waals surface area contributed by atoms with Gasteiger partial charge in [0, 0.05) is 36.3 Å². The Labute approximate surface area is 211 Å². The minimum absolute atomic E-state index is 0.00516. The topological polar surface area (TPSA) is 117 Å². The lowest BCUT2D eigenvalue weighted by Crippen LogP contribution is -2.30. The summed E-state index contributed by atoms with van der Waals surface area (Å²) in [6.45, 7) is 0.00516. The van der Waals surface area contributed by atoms with Crippen molar-refractivity contribution in [3.8, 4) is 0 Å². The highest BCUT2D eigenvalue weighted by Crippen LogP contribution is 2.38. The molecule has 190 valence electrons. The van der Waals surface area contributed by atoms with Gasteiger partial charge in [0.15, 0.2) is 6.29 Å². The monoisotopic (exact) mass is 502 g/mol. The molecule has 1 heterocycles. The average molecular weight is 503 g/mol. The number of thiol groups is 1. The fourth-order valence-corrected chi connectivity index (χ4v) is 4.20. The summed E-state index contributed by atoms with van der Waals surface area (Å²) >= 11 is 4.43. The molecule has 3 rings (SSSR count). The van der Waals surface area contributed by atoms with Crippen LogP contribution >= 0.6 is 12.6 Å². The number of benzene rings is 2. The molecule has 2 amide bonds. The van der Waals surface area contributed by atoms with Gasteiger partial charge in [0.1, 0.15) is 0 Å². The quantitative estimate of drug-likeness (QED) is 0.127. The van der Waals surface area contributed by atoms with Gasteiger partial charge in [-0.1, -0.05) is 49.2 Å². The van der Waals surface area contributed by atoms with Gasteiger partial charge in [-0.05, 0) is 36.1 Å². The molecule has 8 nitrogen and oxygen atoms in total. The molecule has 0 unspecified atom stereocenters. The van der Waals surface area contributed by atoms with Crippen LogP contribution in [0, 0.1) is 0 Å². The third kappa shape index (κ3) is 8.63. The number of unbranched alkanes of at least 4 members (excludes halogenated alkanes) is 3. The Balaban J connectivity index is 1.49. The highest BCUT2D eigenvalue weighted by Gasteiger charge is 2.31. The molecule has 0 aromatic heterocycles. The molecule has 4 N–H and O–H groups in total. The van der Waals surface area contributed by atoms with E-state index in [0.717, 1.165) is 36.0 Å². The lowest BCUT2D eigenvalue weighted by atomic mass is 10.0. The summed E-state index contributed by atoms with van der Waals surface area (Å²) in [6.07, 6.45) is 3.74. The first-order valence-electron chi connectivity index (χ1n) is 12.0. The predicted octanol–water partition coefficient (Wildman–Crippen LogP) is 4.44. The molecule has 0 radical (unpaired) electrons. The normalized spacial score (nSPS) is 19.8. The number of rotatable bonds is 12. The van der Waals surface area contributed by atoms with Crippen LogP contribution in [-0.2, 0) is 25.7 Å². The molecule has 1 fully saturated rings. The van der Waals surface area contributed by atoms with Crippen LogP contribution in [0.2, 0.25) is 0 Å². The van der Waals surface area contributed by atoms with E-state index in [1.165, 1.54) is 0 Å². The van der Waals surface area contributed by atoms with Crippen LogP contribution in [0.25, 0.3) is 0 Å². The number of hydroxylamine groups is 1. The number of hydrogen-bond donors (Lipinski definition) is 5. The minimum Gasteiger partial charge on any atom is -0.392 e. The number of nitrogens with one attached hydrogen (secondary N) is 2. The van der Waals surface area contributed by atoms with Crippen LogP contribution in [0.5, 0.6) is 0 Å². The van der Waals surface area contributed by atoms with Gasteiger partial charge in [0.2, 0.25) is 11.8 Å². The lowest BCUT2D eigenvalue weighted by Gasteiger charge is -2.35. The number of carbonyl (C=O) groups excluding carboxylic acids is 2. The van der Waals surface area contributed by atoms with Gasteiger partial charge in [-0.15, -0.1) is 0 Å². The SMILES string of the molecule is O=C(CCCCCCC(=O)Nc1ccc([C@H]2O[C@@H](CS)C[C@@H](c3ccc(CO)cc3)O2)cc1)NO. The number of anilines is 1. The molecular weight excluding hydrogens is 468 g/mol. The van der Waals surface area contributed by atoms with Crippen molar-refractivity contribution in [3.63, 3.8) is 0 Å². The zero-order valence-corrected chi connectivity index (χ0v) is 20.6. The zero-order valence-electron chi connectivity index (χ0n) is 19.7. The molecule has 35 heavy (non-hydrogen) atoms. The molecule has 0 aliphatic carbocycles. The fraction of sp³-hybridized carbons (Fsp3) is 0.462. The molecule has 1 aliphatic rings. The molecule has 0 saturated carbocycles. The Kier molecular flexibility index (Phi) is 11.0. The van der Waals surface area contributed by atoms with E-state index in [9.17, 15) is 14.7 Å². The second kappa shape index (κ2) is 14.2. The van der Waals surface area contributed by atoms with E-state index in [2.05, 4.69) is 17.9 Å². The molecule has 9 heteroatoms. The van der Waals surface area contributed by atoms with Crippen molar-refractivity contribution < 1.29 is 29.4 Å². The summed E-state index contributed by atoms with van der Waals surface area (Å²) in [6, 6.07) is 15.2. The summed E-state index contributed by atoms with van der Waals surface area (Å²) in [5.74, 6) is 0.134. The number of aliphatic hydroxyl groups excluding tert-OH is 1. The smallest absolute Gasteiger partial charge is 0.243 e. The third-order valence-electron chi connectivity index (χ3n) is 5.97. The largest absolute Gasteiger partial charge is 0.392 e. The summed E-state index contributed by atoms with van der Waals surface area (Å²) < 4.78 is 12.3. The van der Waals surface area contributed by atoms with E-state index in [1.54, 1.807) is 5.48 Å². The van der Waals surface area contributed by atoms with Gasteiger partial charge in [-0.2, -0.15) is 12.6 Å². The van der Waals surface area contributed by atoms with Crippen LogP contribution in [0.3, 0.4) is 0 Å². The maximum Gasteiger partial charge on any atom is 0.243 e. The molecule has 2 aromatic carbocycles. The maximum absolute atomic E-state index is 12.2. The standard InChI is InChI=1S/C26H34N2O6S/c29-16-18-7-9-19(10-8-18)23-15-22(17-35)33-26(34-23)20-11-13-21(14-12-20)27-24(30)5-3-1-2-4-6-25(31)28-32/h7-14,22-23,26,29,32,35H,1-6,15-17H2,(H,27,30)(H,28,31)/t22-,23+,26+/m1/s1. The van der Waals surface area contributed by atoms with Gasteiger partial charge in [-0.3, -0.25) is 14.8 Å². The Bertz CT molecular complexity index is 938. The van der Waals surface area contributed by atoms with Crippen molar-refractivity contribution in [2.75, 3.05) is 11.1 Å². The van der Waals surface area contributed by atoms with Gasteiger partial charge in [-0.25, -0.2) is 5.48 Å². The Morgan fingerprint density at radius 3 is 2.11 bits per heavy atom. The van der Waals surface area contributed by atoms with Crippen molar-refractivity contribution in [1.82, 2.24) is 5.48 Å². The van der Waals surface area contributed by atoms with Crippen molar-refractivity contribution >= 4 is 30.1 Å². The van der Waals surface area contributed by atoms with Crippen molar-refractivity contribution in [1.29, 1.82) is 0 Å².